The van der Waals surface area contributed by atoms with Crippen LogP contribution < -0.4 is 5.32 Å². The second kappa shape index (κ2) is 14.5. The first-order chi connectivity index (χ1) is 18.7. The van der Waals surface area contributed by atoms with Crippen molar-refractivity contribution >= 4 is 34.7 Å². The highest BCUT2D eigenvalue weighted by atomic mass is 32.2. The first kappa shape index (κ1) is 44.6. The van der Waals surface area contributed by atoms with Gasteiger partial charge in [0.05, 0.1) is 5.54 Å². The van der Waals surface area contributed by atoms with Crippen LogP contribution in [-0.4, -0.2) is 65.2 Å². The van der Waals surface area contributed by atoms with Gasteiger partial charge in [-0.3, -0.25) is 14.9 Å². The Labute approximate surface area is 278 Å². The molecule has 0 aliphatic heterocycles. The molecule has 0 radical (unpaired) electrons. The molecule has 0 aromatic heterocycles. The lowest BCUT2D eigenvalue weighted by Gasteiger charge is -2.48. The SMILES string of the molecule is CC(C)(C)N=C(NC(=O)C(C)(C)C)N(C(C)(C)C)C(C)(C)C.CC(C)(C)SC(=NC(=O)C(C)(C)C)N(C(C)(C)C)C(C)(C)C. The van der Waals surface area contributed by atoms with Gasteiger partial charge in [-0.15, -0.1) is 0 Å². The van der Waals surface area contributed by atoms with Gasteiger partial charge in [0, 0.05) is 37.7 Å². The van der Waals surface area contributed by atoms with Crippen LogP contribution >= 0.6 is 11.8 Å². The maximum atomic E-state index is 12.5. The van der Waals surface area contributed by atoms with E-state index >= 15 is 0 Å². The lowest BCUT2D eigenvalue weighted by Crippen LogP contribution is -2.61. The van der Waals surface area contributed by atoms with Gasteiger partial charge in [0.15, 0.2) is 5.17 Å². The molecular formula is C36H73N5O2S. The summed E-state index contributed by atoms with van der Waals surface area (Å²) in [5.41, 5.74) is -1.75. The number of carbonyl (C=O) groups excluding carboxylic acids is 2. The molecule has 8 heteroatoms. The molecule has 0 spiro atoms. The number of carbonyl (C=O) groups is 2. The number of nitrogens with one attached hydrogen (secondary N) is 1. The summed E-state index contributed by atoms with van der Waals surface area (Å²) in [7, 11) is 0. The Kier molecular flexibility index (Phi) is 14.6. The number of rotatable bonds is 0. The molecule has 0 rings (SSSR count). The Hall–Kier alpha value is -1.57. The molecule has 260 valence electrons. The highest BCUT2D eigenvalue weighted by Crippen LogP contribution is 2.35. The van der Waals surface area contributed by atoms with E-state index in [9.17, 15) is 9.59 Å². The van der Waals surface area contributed by atoms with Gasteiger partial charge in [0.1, 0.15) is 0 Å². The van der Waals surface area contributed by atoms with E-state index in [1.54, 1.807) is 11.8 Å². The highest BCUT2D eigenvalue weighted by Gasteiger charge is 2.38. The predicted octanol–water partition coefficient (Wildman–Crippen LogP) is 9.55. The zero-order chi connectivity index (χ0) is 36.3. The van der Waals surface area contributed by atoms with Crippen molar-refractivity contribution in [2.45, 2.75) is 199 Å². The van der Waals surface area contributed by atoms with Crippen molar-refractivity contribution in [3.8, 4) is 0 Å². The number of nitrogens with zero attached hydrogens (tertiary/aromatic N) is 4. The molecule has 0 bridgehead atoms. The molecule has 44 heavy (non-hydrogen) atoms. The van der Waals surface area contributed by atoms with Gasteiger partial charge in [-0.1, -0.05) is 74.1 Å². The Morgan fingerprint density at radius 1 is 0.523 bits per heavy atom. The molecule has 0 aromatic rings. The molecule has 1 N–H and O–H groups in total. The summed E-state index contributed by atoms with van der Waals surface area (Å²) in [5, 5.41) is 3.88. The largest absolute Gasteiger partial charge is 0.341 e. The van der Waals surface area contributed by atoms with E-state index in [0.29, 0.717) is 5.96 Å². The molecule has 0 saturated heterocycles. The average Bonchev–Trinajstić information content (AvgIpc) is 2.59. The minimum absolute atomic E-state index is 0.00819. The summed E-state index contributed by atoms with van der Waals surface area (Å²) in [6.07, 6.45) is 0. The van der Waals surface area contributed by atoms with Crippen molar-refractivity contribution in [1.29, 1.82) is 0 Å². The number of hydrogen-bond donors (Lipinski definition) is 1. The number of thioether (sulfide) groups is 1. The Morgan fingerprint density at radius 3 is 1.09 bits per heavy atom. The van der Waals surface area contributed by atoms with Crippen LogP contribution in [0.4, 0.5) is 0 Å². The molecule has 0 aliphatic rings. The van der Waals surface area contributed by atoms with E-state index in [0.717, 1.165) is 5.17 Å². The van der Waals surface area contributed by atoms with Gasteiger partial charge in [-0.25, -0.2) is 4.99 Å². The van der Waals surface area contributed by atoms with Crippen LogP contribution in [0.1, 0.15) is 166 Å². The van der Waals surface area contributed by atoms with Crippen LogP contribution in [-0.2, 0) is 9.59 Å². The summed E-state index contributed by atoms with van der Waals surface area (Å²) in [6, 6.07) is 0. The Balaban J connectivity index is 0. The summed E-state index contributed by atoms with van der Waals surface area (Å²) in [4.78, 5) is 38.8. The van der Waals surface area contributed by atoms with E-state index in [4.69, 9.17) is 4.99 Å². The second-order valence-corrected chi connectivity index (χ2v) is 21.6. The third-order valence-corrected chi connectivity index (χ3v) is 6.74. The molecule has 0 unspecified atom stereocenters. The fourth-order valence-corrected chi connectivity index (χ4v) is 5.92. The fraction of sp³-hybridized carbons (Fsp3) is 0.889. The lowest BCUT2D eigenvalue weighted by molar-refractivity contribution is -0.127. The number of amides is 2. The van der Waals surface area contributed by atoms with Crippen LogP contribution in [0.2, 0.25) is 0 Å². The first-order valence-corrected chi connectivity index (χ1v) is 16.9. The van der Waals surface area contributed by atoms with Crippen molar-refractivity contribution in [3.05, 3.63) is 0 Å². The van der Waals surface area contributed by atoms with Crippen LogP contribution in [0.5, 0.6) is 0 Å². The summed E-state index contributed by atoms with van der Waals surface area (Å²) >= 11 is 1.66. The minimum atomic E-state index is -0.467. The number of guanidine groups is 1. The van der Waals surface area contributed by atoms with Crippen LogP contribution in [0, 0.1) is 10.8 Å². The van der Waals surface area contributed by atoms with Crippen molar-refractivity contribution in [2.24, 2.45) is 20.8 Å². The van der Waals surface area contributed by atoms with Crippen molar-refractivity contribution < 1.29 is 9.59 Å². The van der Waals surface area contributed by atoms with Crippen LogP contribution in [0.25, 0.3) is 0 Å². The molecule has 0 heterocycles. The van der Waals surface area contributed by atoms with Crippen LogP contribution in [0.15, 0.2) is 9.98 Å². The number of amidine groups is 1. The topological polar surface area (TPSA) is 77.4 Å². The molecule has 2 amide bonds. The zero-order valence-electron chi connectivity index (χ0n) is 33.5. The molecule has 7 nitrogen and oxygen atoms in total. The van der Waals surface area contributed by atoms with Gasteiger partial charge >= 0.3 is 0 Å². The zero-order valence-corrected chi connectivity index (χ0v) is 34.3. The molecular weight excluding hydrogens is 566 g/mol. The molecule has 0 aliphatic carbocycles. The maximum absolute atomic E-state index is 12.5. The van der Waals surface area contributed by atoms with Crippen LogP contribution in [0.3, 0.4) is 0 Å². The molecule has 0 fully saturated rings. The predicted molar refractivity (Wildman–Crippen MR) is 197 cm³/mol. The fourth-order valence-electron chi connectivity index (χ4n) is 4.61. The van der Waals surface area contributed by atoms with Crippen molar-refractivity contribution in [3.63, 3.8) is 0 Å². The third kappa shape index (κ3) is 17.2. The second-order valence-electron chi connectivity index (χ2n) is 19.8. The normalized spacial score (nSPS) is 14.9. The van der Waals surface area contributed by atoms with E-state index in [1.807, 2.05) is 62.3 Å². The van der Waals surface area contributed by atoms with Gasteiger partial charge in [-0.05, 0) is 104 Å². The average molecular weight is 640 g/mol. The molecule has 0 atom stereocenters. The standard InChI is InChI=1S/C18H37N3O.C18H36N2OS/c1-15(2,3)13(22)19-14(20-16(4,5)6)21(17(7,8)9)18(10,11)12;1-15(2,3)13(21)19-14(22-18(10,11)12)20(16(4,5)6)17(7,8)9/h1-12H3,(H,19,20,22);1-12H3. The van der Waals surface area contributed by atoms with Gasteiger partial charge < -0.3 is 9.80 Å². The van der Waals surface area contributed by atoms with E-state index in [-0.39, 0.29) is 44.3 Å². The first-order valence-electron chi connectivity index (χ1n) is 16.1. The van der Waals surface area contributed by atoms with Gasteiger partial charge in [0.25, 0.3) is 5.91 Å². The van der Waals surface area contributed by atoms with Crippen molar-refractivity contribution in [1.82, 2.24) is 15.1 Å². The Bertz CT molecular complexity index is 990. The quantitative estimate of drug-likeness (QED) is 0.211. The minimum Gasteiger partial charge on any atom is -0.341 e. The van der Waals surface area contributed by atoms with Gasteiger partial charge in [0.2, 0.25) is 11.9 Å². The summed E-state index contributed by atoms with van der Waals surface area (Å²) in [6.45, 7) is 49.9. The van der Waals surface area contributed by atoms with Crippen molar-refractivity contribution in [2.75, 3.05) is 0 Å². The van der Waals surface area contributed by atoms with E-state index in [2.05, 4.69) is 124 Å². The Morgan fingerprint density at radius 2 is 0.864 bits per heavy atom. The lowest BCUT2D eigenvalue weighted by atomic mass is 9.94. The van der Waals surface area contributed by atoms with E-state index in [1.165, 1.54) is 0 Å². The smallest absolute Gasteiger partial charge is 0.253 e. The van der Waals surface area contributed by atoms with E-state index < -0.39 is 10.8 Å². The maximum Gasteiger partial charge on any atom is 0.253 e. The third-order valence-electron chi connectivity index (χ3n) is 5.67. The van der Waals surface area contributed by atoms with Gasteiger partial charge in [-0.2, -0.15) is 4.99 Å². The monoisotopic (exact) mass is 640 g/mol. The highest BCUT2D eigenvalue weighted by molar-refractivity contribution is 8.14. The summed E-state index contributed by atoms with van der Waals surface area (Å²) < 4.78 is -0.00819. The molecule has 0 saturated carbocycles. The summed E-state index contributed by atoms with van der Waals surface area (Å²) in [5.74, 6) is 0.555. The number of hydrogen-bond acceptors (Lipinski definition) is 4. The molecule has 0 aromatic carbocycles. The number of aliphatic imine (C=N–C) groups is 2.